The molecule has 0 saturated carbocycles. The minimum atomic E-state index is -0.721. The van der Waals surface area contributed by atoms with E-state index in [-0.39, 0.29) is 6.01 Å². The maximum Gasteiger partial charge on any atom is 0.360 e. The summed E-state index contributed by atoms with van der Waals surface area (Å²) in [6.45, 7) is 0. The third-order valence-electron chi connectivity index (χ3n) is 3.28. The number of hydrogen-bond donors (Lipinski definition) is 1. The second-order valence-electron chi connectivity index (χ2n) is 4.85. The quantitative estimate of drug-likeness (QED) is 0.619. The number of thiazole rings is 1. The number of ether oxygens (including phenoxy) is 1. The average molecular weight is 338 g/mol. The van der Waals surface area contributed by atoms with Crippen molar-refractivity contribution in [1.29, 1.82) is 0 Å². The van der Waals surface area contributed by atoms with Gasteiger partial charge in [-0.1, -0.05) is 41.7 Å². The molecule has 0 bridgehead atoms. The van der Waals surface area contributed by atoms with Crippen LogP contribution in [0.5, 0.6) is 11.2 Å². The van der Waals surface area contributed by atoms with Gasteiger partial charge >= 0.3 is 17.4 Å². The lowest BCUT2D eigenvalue weighted by Gasteiger charge is -2.04. The minimum Gasteiger partial charge on any atom is -0.397 e. The van der Waals surface area contributed by atoms with Crippen LogP contribution in [-0.4, -0.2) is 19.5 Å². The molecule has 7 nitrogen and oxygen atoms in total. The molecule has 0 saturated heterocycles. The number of H-pyrrole nitrogens is 1. The van der Waals surface area contributed by atoms with E-state index in [9.17, 15) is 9.59 Å². The topological polar surface area (TPSA) is 89.9 Å². The molecule has 2 aromatic carbocycles. The Bertz CT molecular complexity index is 1070. The van der Waals surface area contributed by atoms with Gasteiger partial charge in [-0.2, -0.15) is 0 Å². The molecule has 0 spiro atoms. The highest BCUT2D eigenvalue weighted by Crippen LogP contribution is 2.29. The third-order valence-corrected chi connectivity index (χ3v) is 4.19. The van der Waals surface area contributed by atoms with Gasteiger partial charge in [-0.05, 0) is 24.3 Å². The fourth-order valence-corrected chi connectivity index (χ4v) is 3.05. The molecular weight excluding hydrogens is 328 g/mol. The highest BCUT2D eigenvalue weighted by molar-refractivity contribution is 7.20. The molecule has 0 atom stereocenters. The van der Waals surface area contributed by atoms with Crippen LogP contribution in [0.3, 0.4) is 0 Å². The van der Waals surface area contributed by atoms with Gasteiger partial charge in [0, 0.05) is 0 Å². The first-order valence-electron chi connectivity index (χ1n) is 7.03. The largest absolute Gasteiger partial charge is 0.397 e. The van der Waals surface area contributed by atoms with Gasteiger partial charge in [0.25, 0.3) is 5.19 Å². The highest BCUT2D eigenvalue weighted by Gasteiger charge is 2.11. The summed E-state index contributed by atoms with van der Waals surface area (Å²) in [6, 6.07) is 15.9. The molecule has 2 heterocycles. The lowest BCUT2D eigenvalue weighted by Crippen LogP contribution is -2.35. The van der Waals surface area contributed by atoms with Crippen molar-refractivity contribution in [2.75, 3.05) is 0 Å². The summed E-state index contributed by atoms with van der Waals surface area (Å²) >= 11 is 1.30. The van der Waals surface area contributed by atoms with Crippen molar-refractivity contribution in [2.45, 2.75) is 0 Å². The number of fused-ring (bicyclic) bond motifs is 1. The van der Waals surface area contributed by atoms with E-state index in [2.05, 4.69) is 15.0 Å². The van der Waals surface area contributed by atoms with E-state index in [4.69, 9.17) is 4.74 Å². The summed E-state index contributed by atoms with van der Waals surface area (Å²) in [5.74, 6) is 0. The molecule has 24 heavy (non-hydrogen) atoms. The van der Waals surface area contributed by atoms with Crippen molar-refractivity contribution >= 4 is 21.6 Å². The smallest absolute Gasteiger partial charge is 0.360 e. The molecule has 0 unspecified atom stereocenters. The van der Waals surface area contributed by atoms with Gasteiger partial charge in [-0.25, -0.2) is 19.1 Å². The molecule has 4 rings (SSSR count). The van der Waals surface area contributed by atoms with Gasteiger partial charge < -0.3 is 4.74 Å². The van der Waals surface area contributed by atoms with Crippen LogP contribution in [0.25, 0.3) is 15.9 Å². The van der Waals surface area contributed by atoms with Crippen LogP contribution in [0, 0.1) is 0 Å². The summed E-state index contributed by atoms with van der Waals surface area (Å²) in [7, 11) is 0. The predicted octanol–water partition coefficient (Wildman–Crippen LogP) is 2.32. The molecule has 0 amide bonds. The Balaban J connectivity index is 1.72. The zero-order valence-electron chi connectivity index (χ0n) is 12.2. The molecule has 0 aliphatic heterocycles. The molecule has 118 valence electrons. The van der Waals surface area contributed by atoms with Crippen molar-refractivity contribution < 1.29 is 4.74 Å². The number of aromatic nitrogens is 4. The second-order valence-corrected chi connectivity index (χ2v) is 5.84. The van der Waals surface area contributed by atoms with Crippen LogP contribution < -0.4 is 16.1 Å². The molecule has 0 aliphatic rings. The number of para-hydroxylation sites is 2. The van der Waals surface area contributed by atoms with Gasteiger partial charge in [0.15, 0.2) is 0 Å². The number of hydrogen-bond acceptors (Lipinski definition) is 6. The zero-order valence-corrected chi connectivity index (χ0v) is 13.0. The SMILES string of the molecule is O=c1nc(Oc2nc3ccccc3s2)[nH]c(=O)n1-c1ccccc1. The Morgan fingerprint density at radius 1 is 0.958 bits per heavy atom. The maximum absolute atomic E-state index is 12.2. The predicted molar refractivity (Wildman–Crippen MR) is 90.1 cm³/mol. The van der Waals surface area contributed by atoms with Crippen molar-refractivity contribution in [1.82, 2.24) is 19.5 Å². The molecular formula is C16H10N4O3S. The fraction of sp³-hybridized carbons (Fsp3) is 0. The van der Waals surface area contributed by atoms with Crippen molar-refractivity contribution in [3.63, 3.8) is 0 Å². The average Bonchev–Trinajstić information content (AvgIpc) is 2.97. The number of benzene rings is 2. The Kier molecular flexibility index (Phi) is 3.43. The normalized spacial score (nSPS) is 10.8. The highest BCUT2D eigenvalue weighted by atomic mass is 32.1. The monoisotopic (exact) mass is 338 g/mol. The van der Waals surface area contributed by atoms with E-state index in [0.29, 0.717) is 10.9 Å². The zero-order chi connectivity index (χ0) is 16.5. The molecule has 4 aromatic rings. The van der Waals surface area contributed by atoms with Crippen LogP contribution in [0.2, 0.25) is 0 Å². The van der Waals surface area contributed by atoms with Gasteiger partial charge in [0.1, 0.15) is 0 Å². The first-order valence-corrected chi connectivity index (χ1v) is 7.84. The van der Waals surface area contributed by atoms with Gasteiger partial charge in [-0.15, -0.1) is 4.98 Å². The van der Waals surface area contributed by atoms with Crippen LogP contribution in [-0.2, 0) is 0 Å². The number of nitrogens with zero attached hydrogens (tertiary/aromatic N) is 3. The van der Waals surface area contributed by atoms with Gasteiger partial charge in [0.05, 0.1) is 15.9 Å². The van der Waals surface area contributed by atoms with Crippen LogP contribution in [0.4, 0.5) is 0 Å². The molecule has 8 heteroatoms. The van der Waals surface area contributed by atoms with E-state index in [1.54, 1.807) is 30.3 Å². The number of nitrogens with one attached hydrogen (secondary N) is 1. The van der Waals surface area contributed by atoms with E-state index < -0.39 is 11.4 Å². The van der Waals surface area contributed by atoms with Crippen molar-refractivity contribution in [3.05, 3.63) is 75.6 Å². The summed E-state index contributed by atoms with van der Waals surface area (Å²) in [4.78, 5) is 34.8. The van der Waals surface area contributed by atoms with Gasteiger partial charge in [0.2, 0.25) is 0 Å². The molecule has 0 fully saturated rings. The van der Waals surface area contributed by atoms with Crippen LogP contribution >= 0.6 is 11.3 Å². The van der Waals surface area contributed by atoms with E-state index >= 15 is 0 Å². The van der Waals surface area contributed by atoms with E-state index in [1.807, 2.05) is 24.3 Å². The second kappa shape index (κ2) is 5.74. The molecule has 0 radical (unpaired) electrons. The molecule has 2 aromatic heterocycles. The van der Waals surface area contributed by atoms with Crippen molar-refractivity contribution in [3.8, 4) is 16.9 Å². The summed E-state index contributed by atoms with van der Waals surface area (Å²) in [6.07, 6.45) is 0. The summed E-state index contributed by atoms with van der Waals surface area (Å²) in [5, 5.41) is 0.302. The number of rotatable bonds is 3. The fourth-order valence-electron chi connectivity index (χ4n) is 2.23. The van der Waals surface area contributed by atoms with Crippen LogP contribution in [0.15, 0.2) is 64.2 Å². The summed E-state index contributed by atoms with van der Waals surface area (Å²) < 4.78 is 7.32. The van der Waals surface area contributed by atoms with Crippen molar-refractivity contribution in [2.24, 2.45) is 0 Å². The molecule has 0 aliphatic carbocycles. The Morgan fingerprint density at radius 2 is 1.71 bits per heavy atom. The number of aromatic amines is 1. The lowest BCUT2D eigenvalue weighted by atomic mass is 10.3. The van der Waals surface area contributed by atoms with Gasteiger partial charge in [-0.3, -0.25) is 4.98 Å². The Labute approximate surface area is 138 Å². The standard InChI is InChI=1S/C16H10N4O3S/c21-14-18-13(19-15(22)20(14)10-6-2-1-3-7-10)23-16-17-11-8-4-5-9-12(11)24-16/h1-9H,(H,18,19,21,22). The first kappa shape index (κ1) is 14.3. The third kappa shape index (κ3) is 2.59. The minimum absolute atomic E-state index is 0.184. The Hall–Kier alpha value is -3.26. The van der Waals surface area contributed by atoms with Crippen LogP contribution in [0.1, 0.15) is 0 Å². The van der Waals surface area contributed by atoms with E-state index in [0.717, 1.165) is 14.8 Å². The maximum atomic E-state index is 12.2. The molecule has 1 N–H and O–H groups in total. The lowest BCUT2D eigenvalue weighted by molar-refractivity contribution is 0.429. The van der Waals surface area contributed by atoms with E-state index in [1.165, 1.54) is 11.3 Å². The first-order chi connectivity index (χ1) is 11.7. The summed E-state index contributed by atoms with van der Waals surface area (Å²) in [5.41, 5.74) is -0.140. The Morgan fingerprint density at radius 3 is 2.46 bits per heavy atom.